The van der Waals surface area contributed by atoms with Crippen LogP contribution in [0.15, 0.2) is 53.7 Å². The maximum absolute atomic E-state index is 12.3. The third-order valence-electron chi connectivity index (χ3n) is 4.82. The van der Waals surface area contributed by atoms with Crippen LogP contribution in [0.2, 0.25) is 0 Å². The van der Waals surface area contributed by atoms with Gasteiger partial charge in [0.2, 0.25) is 5.91 Å². The van der Waals surface area contributed by atoms with Crippen molar-refractivity contribution < 1.29 is 14.3 Å². The molecule has 6 nitrogen and oxygen atoms in total. The quantitative estimate of drug-likeness (QED) is 0.571. The van der Waals surface area contributed by atoms with Gasteiger partial charge in [0.25, 0.3) is 0 Å². The van der Waals surface area contributed by atoms with E-state index in [1.54, 1.807) is 0 Å². The second-order valence-electron chi connectivity index (χ2n) is 6.87. The fraction of sp³-hybridized carbons (Fsp3) is 0.364. The minimum Gasteiger partial charge on any atom is -0.494 e. The van der Waals surface area contributed by atoms with Crippen LogP contribution in [0.4, 0.5) is 0 Å². The lowest BCUT2D eigenvalue weighted by atomic mass is 10.2. The number of benzene rings is 2. The first-order chi connectivity index (χ1) is 14.2. The zero-order valence-corrected chi connectivity index (χ0v) is 17.3. The molecule has 1 amide bonds. The van der Waals surface area contributed by atoms with Gasteiger partial charge < -0.3 is 14.8 Å². The lowest BCUT2D eigenvalue weighted by molar-refractivity contribution is -0.119. The smallest absolute Gasteiger partial charge is 0.230 e. The van der Waals surface area contributed by atoms with E-state index in [1.165, 1.54) is 11.8 Å². The van der Waals surface area contributed by atoms with Crippen molar-refractivity contribution in [2.24, 2.45) is 0 Å². The molecule has 2 aromatic carbocycles. The Morgan fingerprint density at radius 1 is 1.28 bits per heavy atom. The molecular weight excluding hydrogens is 386 g/mol. The summed E-state index contributed by atoms with van der Waals surface area (Å²) in [6.07, 6.45) is 2.24. The Balaban J connectivity index is 1.51. The van der Waals surface area contributed by atoms with E-state index in [2.05, 4.69) is 9.88 Å². The molecule has 0 saturated carbocycles. The van der Waals surface area contributed by atoms with Gasteiger partial charge in [-0.15, -0.1) is 0 Å². The van der Waals surface area contributed by atoms with Crippen molar-refractivity contribution in [3.8, 4) is 11.4 Å². The van der Waals surface area contributed by atoms with Gasteiger partial charge in [-0.25, -0.2) is 4.98 Å². The lowest BCUT2D eigenvalue weighted by Crippen LogP contribution is -2.32. The van der Waals surface area contributed by atoms with E-state index in [0.717, 1.165) is 47.1 Å². The predicted molar refractivity (Wildman–Crippen MR) is 115 cm³/mol. The SMILES string of the molecule is CCOc1ccc(-n2c(SCC(=O)NCC3CCCO3)nc3ccccc32)cc1. The van der Waals surface area contributed by atoms with Gasteiger partial charge in [-0.2, -0.15) is 0 Å². The molecule has 29 heavy (non-hydrogen) atoms. The van der Waals surface area contributed by atoms with Gasteiger partial charge in [0.1, 0.15) is 5.75 Å². The number of carbonyl (C=O) groups is 1. The molecule has 1 saturated heterocycles. The van der Waals surface area contributed by atoms with Crippen molar-refractivity contribution in [2.45, 2.75) is 31.0 Å². The van der Waals surface area contributed by atoms with Gasteiger partial charge in [0, 0.05) is 18.8 Å². The van der Waals surface area contributed by atoms with Crippen LogP contribution in [0.3, 0.4) is 0 Å². The molecule has 1 atom stereocenters. The molecule has 1 N–H and O–H groups in total. The van der Waals surface area contributed by atoms with Crippen molar-refractivity contribution in [2.75, 3.05) is 25.5 Å². The maximum atomic E-state index is 12.3. The molecule has 0 radical (unpaired) electrons. The number of nitrogens with zero attached hydrogens (tertiary/aromatic N) is 2. The highest BCUT2D eigenvalue weighted by Gasteiger charge is 2.18. The standard InChI is InChI=1S/C22H25N3O3S/c1-2-27-17-11-9-16(10-12-17)25-20-8-4-3-7-19(20)24-22(25)29-15-21(26)23-14-18-6-5-13-28-18/h3-4,7-12,18H,2,5-6,13-15H2,1H3,(H,23,26). The summed E-state index contributed by atoms with van der Waals surface area (Å²) in [7, 11) is 0. The molecule has 1 aliphatic heterocycles. The predicted octanol–water partition coefficient (Wildman–Crippen LogP) is 3.81. The Bertz CT molecular complexity index is 965. The fourth-order valence-corrected chi connectivity index (χ4v) is 4.28. The minimum absolute atomic E-state index is 0.00389. The first-order valence-electron chi connectivity index (χ1n) is 9.96. The number of ether oxygens (including phenoxy) is 2. The van der Waals surface area contributed by atoms with Crippen LogP contribution in [0.5, 0.6) is 5.75 Å². The van der Waals surface area contributed by atoms with Crippen LogP contribution in [0.25, 0.3) is 16.7 Å². The number of para-hydroxylation sites is 2. The van der Waals surface area contributed by atoms with Gasteiger partial charge in [0.05, 0.1) is 29.5 Å². The van der Waals surface area contributed by atoms with Crippen molar-refractivity contribution in [3.63, 3.8) is 0 Å². The number of amides is 1. The number of fused-ring (bicyclic) bond motifs is 1. The Morgan fingerprint density at radius 2 is 2.10 bits per heavy atom. The van der Waals surface area contributed by atoms with Crippen LogP contribution in [0.1, 0.15) is 19.8 Å². The van der Waals surface area contributed by atoms with E-state index in [1.807, 2.05) is 55.5 Å². The second kappa shape index (κ2) is 9.33. The fourth-order valence-electron chi connectivity index (χ4n) is 3.42. The molecule has 0 aliphatic carbocycles. The molecule has 7 heteroatoms. The van der Waals surface area contributed by atoms with E-state index >= 15 is 0 Å². The van der Waals surface area contributed by atoms with E-state index in [9.17, 15) is 4.79 Å². The number of imidazole rings is 1. The Morgan fingerprint density at radius 3 is 2.86 bits per heavy atom. The summed E-state index contributed by atoms with van der Waals surface area (Å²) in [5, 5.41) is 3.77. The van der Waals surface area contributed by atoms with E-state index in [0.29, 0.717) is 18.9 Å². The Labute approximate surface area is 174 Å². The number of hydrogen-bond acceptors (Lipinski definition) is 5. The molecule has 152 valence electrons. The topological polar surface area (TPSA) is 65.4 Å². The van der Waals surface area contributed by atoms with Gasteiger partial charge in [-0.1, -0.05) is 23.9 Å². The number of nitrogens with one attached hydrogen (secondary N) is 1. The molecule has 0 spiro atoms. The van der Waals surface area contributed by atoms with Gasteiger partial charge in [-0.05, 0) is 56.2 Å². The monoisotopic (exact) mass is 411 g/mol. The van der Waals surface area contributed by atoms with Crippen molar-refractivity contribution in [3.05, 3.63) is 48.5 Å². The molecule has 2 heterocycles. The third kappa shape index (κ3) is 4.74. The molecule has 4 rings (SSSR count). The number of rotatable bonds is 8. The second-order valence-corrected chi connectivity index (χ2v) is 7.82. The van der Waals surface area contributed by atoms with Crippen LogP contribution in [-0.2, 0) is 9.53 Å². The number of hydrogen-bond donors (Lipinski definition) is 1. The van der Waals surface area contributed by atoms with Crippen LogP contribution in [-0.4, -0.2) is 47.1 Å². The molecule has 3 aromatic rings. The number of aromatic nitrogens is 2. The summed E-state index contributed by atoms with van der Waals surface area (Å²) >= 11 is 1.44. The van der Waals surface area contributed by atoms with Crippen LogP contribution >= 0.6 is 11.8 Å². The van der Waals surface area contributed by atoms with Crippen molar-refractivity contribution >= 4 is 28.7 Å². The summed E-state index contributed by atoms with van der Waals surface area (Å²) in [5.74, 6) is 1.15. The summed E-state index contributed by atoms with van der Waals surface area (Å²) < 4.78 is 13.2. The zero-order valence-electron chi connectivity index (χ0n) is 16.5. The largest absolute Gasteiger partial charge is 0.494 e. The lowest BCUT2D eigenvalue weighted by Gasteiger charge is -2.12. The summed E-state index contributed by atoms with van der Waals surface area (Å²) in [6.45, 7) is 3.97. The van der Waals surface area contributed by atoms with Gasteiger partial charge in [0.15, 0.2) is 5.16 Å². The first kappa shape index (κ1) is 19.8. The third-order valence-corrected chi connectivity index (χ3v) is 5.76. The van der Waals surface area contributed by atoms with Crippen LogP contribution < -0.4 is 10.1 Å². The Kier molecular flexibility index (Phi) is 6.36. The molecule has 1 fully saturated rings. The van der Waals surface area contributed by atoms with Crippen molar-refractivity contribution in [1.29, 1.82) is 0 Å². The van der Waals surface area contributed by atoms with E-state index < -0.39 is 0 Å². The molecule has 0 bridgehead atoms. The van der Waals surface area contributed by atoms with Crippen LogP contribution in [0, 0.1) is 0 Å². The maximum Gasteiger partial charge on any atom is 0.230 e. The van der Waals surface area contributed by atoms with Gasteiger partial charge in [-0.3, -0.25) is 9.36 Å². The van der Waals surface area contributed by atoms with Gasteiger partial charge >= 0.3 is 0 Å². The summed E-state index contributed by atoms with van der Waals surface area (Å²) in [5.41, 5.74) is 2.91. The highest BCUT2D eigenvalue weighted by molar-refractivity contribution is 7.99. The van der Waals surface area contributed by atoms with E-state index in [-0.39, 0.29) is 12.0 Å². The average Bonchev–Trinajstić information content (AvgIpc) is 3.39. The summed E-state index contributed by atoms with van der Waals surface area (Å²) in [4.78, 5) is 17.1. The minimum atomic E-state index is -0.00389. The highest BCUT2D eigenvalue weighted by atomic mass is 32.2. The molecule has 1 aliphatic rings. The van der Waals surface area contributed by atoms with E-state index in [4.69, 9.17) is 14.5 Å². The molecule has 1 aromatic heterocycles. The highest BCUT2D eigenvalue weighted by Crippen LogP contribution is 2.28. The first-order valence-corrected chi connectivity index (χ1v) is 10.9. The molecular formula is C22H25N3O3S. The van der Waals surface area contributed by atoms with Crippen molar-refractivity contribution in [1.82, 2.24) is 14.9 Å². The number of carbonyl (C=O) groups excluding carboxylic acids is 1. The summed E-state index contributed by atoms with van der Waals surface area (Å²) in [6, 6.07) is 15.9. The normalized spacial score (nSPS) is 16.2. The average molecular weight is 412 g/mol. The molecule has 1 unspecified atom stereocenters. The Hall–Kier alpha value is -2.51. The number of thioether (sulfide) groups is 1. The zero-order chi connectivity index (χ0) is 20.1.